The van der Waals surface area contributed by atoms with Crippen LogP contribution in [0, 0.1) is 20.8 Å². The maximum absolute atomic E-state index is 4.53. The van der Waals surface area contributed by atoms with Crippen LogP contribution in [-0.4, -0.2) is 14.8 Å². The van der Waals surface area contributed by atoms with Crippen molar-refractivity contribution in [3.63, 3.8) is 0 Å². The van der Waals surface area contributed by atoms with Crippen LogP contribution in [0.25, 0.3) is 5.82 Å². The number of nitrogens with one attached hydrogen (secondary N) is 1. The van der Waals surface area contributed by atoms with Gasteiger partial charge in [-0.05, 0) is 49.6 Å². The third-order valence-electron chi connectivity index (χ3n) is 3.94. The topological polar surface area (TPSA) is 42.7 Å². The highest BCUT2D eigenvalue weighted by Gasteiger charge is 2.05. The lowest BCUT2D eigenvalue weighted by molar-refractivity contribution is 0.687. The van der Waals surface area contributed by atoms with Crippen molar-refractivity contribution in [3.8, 4) is 5.82 Å². The SMILES string of the molecule is Cc1cc(C)n(-c2ccc(CNCc3ccccc3C)cn2)n1. The maximum atomic E-state index is 4.53. The highest BCUT2D eigenvalue weighted by Crippen LogP contribution is 2.11. The zero-order valence-corrected chi connectivity index (χ0v) is 13.9. The van der Waals surface area contributed by atoms with Gasteiger partial charge in [0.15, 0.2) is 5.82 Å². The van der Waals surface area contributed by atoms with Gasteiger partial charge in [-0.2, -0.15) is 5.10 Å². The van der Waals surface area contributed by atoms with Gasteiger partial charge in [0.2, 0.25) is 0 Å². The van der Waals surface area contributed by atoms with E-state index in [1.807, 2.05) is 30.8 Å². The van der Waals surface area contributed by atoms with Crippen molar-refractivity contribution < 1.29 is 0 Å². The van der Waals surface area contributed by atoms with Crippen LogP contribution in [0.2, 0.25) is 0 Å². The lowest BCUT2D eigenvalue weighted by Gasteiger charge is -2.08. The van der Waals surface area contributed by atoms with E-state index in [2.05, 4.69) is 58.7 Å². The average Bonchev–Trinajstić information content (AvgIpc) is 2.88. The highest BCUT2D eigenvalue weighted by atomic mass is 15.3. The second-order valence-corrected chi connectivity index (χ2v) is 5.89. The average molecular weight is 306 g/mol. The number of rotatable bonds is 5. The molecule has 0 fully saturated rings. The van der Waals surface area contributed by atoms with Crippen molar-refractivity contribution in [1.29, 1.82) is 0 Å². The summed E-state index contributed by atoms with van der Waals surface area (Å²) in [6.45, 7) is 7.85. The number of hydrogen-bond acceptors (Lipinski definition) is 3. The van der Waals surface area contributed by atoms with Gasteiger partial charge in [0.25, 0.3) is 0 Å². The molecule has 0 atom stereocenters. The molecule has 23 heavy (non-hydrogen) atoms. The molecule has 118 valence electrons. The molecular formula is C19H22N4. The molecule has 0 aliphatic carbocycles. The lowest BCUT2D eigenvalue weighted by atomic mass is 10.1. The summed E-state index contributed by atoms with van der Waals surface area (Å²) in [6.07, 6.45) is 1.91. The molecule has 0 amide bonds. The summed E-state index contributed by atoms with van der Waals surface area (Å²) in [6, 6.07) is 14.6. The predicted molar refractivity (Wildman–Crippen MR) is 92.6 cm³/mol. The van der Waals surface area contributed by atoms with Gasteiger partial charge in [-0.15, -0.1) is 0 Å². The Balaban J connectivity index is 1.62. The van der Waals surface area contributed by atoms with Gasteiger partial charge in [-0.1, -0.05) is 30.3 Å². The van der Waals surface area contributed by atoms with Gasteiger partial charge >= 0.3 is 0 Å². The number of hydrogen-bond donors (Lipinski definition) is 1. The van der Waals surface area contributed by atoms with E-state index in [0.717, 1.165) is 30.3 Å². The first kappa shape index (κ1) is 15.4. The van der Waals surface area contributed by atoms with Gasteiger partial charge in [0.1, 0.15) is 0 Å². The third-order valence-corrected chi connectivity index (χ3v) is 3.94. The van der Waals surface area contributed by atoms with Gasteiger partial charge in [-0.25, -0.2) is 9.67 Å². The first-order chi connectivity index (χ1) is 11.1. The third kappa shape index (κ3) is 3.66. The van der Waals surface area contributed by atoms with Crippen LogP contribution in [0.5, 0.6) is 0 Å². The van der Waals surface area contributed by atoms with Crippen LogP contribution in [0.4, 0.5) is 0 Å². The monoisotopic (exact) mass is 306 g/mol. The predicted octanol–water partition coefficient (Wildman–Crippen LogP) is 3.48. The van der Waals surface area contributed by atoms with Crippen molar-refractivity contribution in [2.75, 3.05) is 0 Å². The summed E-state index contributed by atoms with van der Waals surface area (Å²) >= 11 is 0. The molecule has 4 nitrogen and oxygen atoms in total. The minimum atomic E-state index is 0.804. The minimum Gasteiger partial charge on any atom is -0.309 e. The molecule has 2 aromatic heterocycles. The standard InChI is InChI=1S/C19H22N4/c1-14-6-4-5-7-18(14)13-20-11-17-8-9-19(21-12-17)23-16(3)10-15(2)22-23/h4-10,12,20H,11,13H2,1-3H3. The molecule has 0 aliphatic heterocycles. The van der Waals surface area contributed by atoms with Crippen molar-refractivity contribution in [2.45, 2.75) is 33.9 Å². The largest absolute Gasteiger partial charge is 0.309 e. The second-order valence-electron chi connectivity index (χ2n) is 5.89. The zero-order chi connectivity index (χ0) is 16.2. The lowest BCUT2D eigenvalue weighted by Crippen LogP contribution is -2.14. The first-order valence-electron chi connectivity index (χ1n) is 7.87. The van der Waals surface area contributed by atoms with Crippen LogP contribution in [0.3, 0.4) is 0 Å². The summed E-state index contributed by atoms with van der Waals surface area (Å²) in [5, 5.41) is 7.93. The maximum Gasteiger partial charge on any atom is 0.153 e. The molecule has 3 aromatic rings. The Hall–Kier alpha value is -2.46. The van der Waals surface area contributed by atoms with E-state index in [0.29, 0.717) is 0 Å². The first-order valence-corrected chi connectivity index (χ1v) is 7.87. The van der Waals surface area contributed by atoms with Crippen LogP contribution < -0.4 is 5.32 Å². The highest BCUT2D eigenvalue weighted by molar-refractivity contribution is 5.28. The molecule has 0 aliphatic rings. The van der Waals surface area contributed by atoms with E-state index in [9.17, 15) is 0 Å². The quantitative estimate of drug-likeness (QED) is 0.784. The minimum absolute atomic E-state index is 0.804. The number of pyridine rings is 1. The number of aromatic nitrogens is 3. The number of aryl methyl sites for hydroxylation is 3. The van der Waals surface area contributed by atoms with Crippen molar-refractivity contribution in [1.82, 2.24) is 20.1 Å². The van der Waals surface area contributed by atoms with Gasteiger partial charge < -0.3 is 5.32 Å². The summed E-state index contributed by atoms with van der Waals surface area (Å²) < 4.78 is 1.87. The van der Waals surface area contributed by atoms with Crippen molar-refractivity contribution in [2.24, 2.45) is 0 Å². The summed E-state index contributed by atoms with van der Waals surface area (Å²) in [5.41, 5.74) is 5.93. The van der Waals surface area contributed by atoms with Crippen LogP contribution in [0.15, 0.2) is 48.7 Å². The molecule has 0 saturated heterocycles. The molecule has 3 rings (SSSR count). The Morgan fingerprint density at radius 3 is 2.48 bits per heavy atom. The van der Waals surface area contributed by atoms with E-state index in [1.165, 1.54) is 16.7 Å². The van der Waals surface area contributed by atoms with Crippen LogP contribution in [-0.2, 0) is 13.1 Å². The molecule has 0 spiro atoms. The Morgan fingerprint density at radius 1 is 1.00 bits per heavy atom. The summed E-state index contributed by atoms with van der Waals surface area (Å²) in [7, 11) is 0. The van der Waals surface area contributed by atoms with E-state index < -0.39 is 0 Å². The van der Waals surface area contributed by atoms with Crippen molar-refractivity contribution >= 4 is 0 Å². The van der Waals surface area contributed by atoms with Gasteiger partial charge in [0.05, 0.1) is 5.69 Å². The molecule has 0 saturated carbocycles. The molecule has 1 N–H and O–H groups in total. The fourth-order valence-electron chi connectivity index (χ4n) is 2.66. The summed E-state index contributed by atoms with van der Waals surface area (Å²) in [5.74, 6) is 0.859. The fourth-order valence-corrected chi connectivity index (χ4v) is 2.66. The Labute approximate surface area is 137 Å². The fraction of sp³-hybridized carbons (Fsp3) is 0.263. The van der Waals surface area contributed by atoms with E-state index in [-0.39, 0.29) is 0 Å². The smallest absolute Gasteiger partial charge is 0.153 e. The van der Waals surface area contributed by atoms with E-state index in [1.54, 1.807) is 0 Å². The normalized spacial score (nSPS) is 10.9. The molecule has 2 heterocycles. The molecule has 1 aromatic carbocycles. The molecule has 0 bridgehead atoms. The Bertz CT molecular complexity index is 787. The number of nitrogens with zero attached hydrogens (tertiary/aromatic N) is 3. The molecular weight excluding hydrogens is 284 g/mol. The summed E-state index contributed by atoms with van der Waals surface area (Å²) in [4.78, 5) is 4.53. The van der Waals surface area contributed by atoms with Gasteiger partial charge in [0, 0.05) is 25.0 Å². The molecule has 0 radical (unpaired) electrons. The Morgan fingerprint density at radius 2 is 1.83 bits per heavy atom. The van der Waals surface area contributed by atoms with E-state index in [4.69, 9.17) is 0 Å². The second kappa shape index (κ2) is 6.75. The van der Waals surface area contributed by atoms with Gasteiger partial charge in [-0.3, -0.25) is 0 Å². The van der Waals surface area contributed by atoms with Crippen LogP contribution in [0.1, 0.15) is 28.1 Å². The van der Waals surface area contributed by atoms with Crippen molar-refractivity contribution in [3.05, 3.63) is 76.7 Å². The molecule has 4 heteroatoms. The van der Waals surface area contributed by atoms with Crippen LogP contribution >= 0.6 is 0 Å². The Kier molecular flexibility index (Phi) is 4.53. The van der Waals surface area contributed by atoms with E-state index >= 15 is 0 Å². The number of benzene rings is 1. The molecule has 0 unspecified atom stereocenters. The zero-order valence-electron chi connectivity index (χ0n) is 13.9.